The van der Waals surface area contributed by atoms with Gasteiger partial charge in [-0.15, -0.1) is 0 Å². The van der Waals surface area contributed by atoms with Crippen LogP contribution in [-0.4, -0.2) is 37.1 Å². The van der Waals surface area contributed by atoms with E-state index in [1.165, 1.54) is 12.8 Å². The van der Waals surface area contributed by atoms with E-state index in [0.29, 0.717) is 6.61 Å². The number of unbranched alkanes of at least 4 members (excludes halogenated alkanes) is 1. The maximum atomic E-state index is 11.5. The quantitative estimate of drug-likeness (QED) is 0.631. The van der Waals surface area contributed by atoms with Gasteiger partial charge in [0.15, 0.2) is 0 Å². The van der Waals surface area contributed by atoms with Gasteiger partial charge in [0, 0.05) is 13.1 Å². The van der Waals surface area contributed by atoms with Gasteiger partial charge in [0.05, 0.1) is 12.0 Å². The van der Waals surface area contributed by atoms with Crippen LogP contribution in [0.3, 0.4) is 0 Å². The fourth-order valence-corrected chi connectivity index (χ4v) is 1.91. The lowest BCUT2D eigenvalue weighted by atomic mass is 9.82. The van der Waals surface area contributed by atoms with Crippen molar-refractivity contribution in [2.45, 2.75) is 33.6 Å². The molecule has 0 bridgehead atoms. The molecule has 1 heterocycles. The molecule has 0 N–H and O–H groups in total. The minimum Gasteiger partial charge on any atom is -0.465 e. The lowest BCUT2D eigenvalue weighted by Crippen LogP contribution is -2.59. The van der Waals surface area contributed by atoms with Gasteiger partial charge in [0.2, 0.25) is 0 Å². The Hall–Kier alpha value is -0.570. The van der Waals surface area contributed by atoms with Gasteiger partial charge in [-0.3, -0.25) is 4.79 Å². The summed E-state index contributed by atoms with van der Waals surface area (Å²) < 4.78 is 5.04. The molecule has 14 heavy (non-hydrogen) atoms. The van der Waals surface area contributed by atoms with Crippen LogP contribution in [0.5, 0.6) is 0 Å². The molecular formula is C11H21NO2. The Morgan fingerprint density at radius 3 is 2.57 bits per heavy atom. The molecule has 0 aliphatic carbocycles. The van der Waals surface area contributed by atoms with Crippen LogP contribution in [-0.2, 0) is 9.53 Å². The highest BCUT2D eigenvalue weighted by molar-refractivity contribution is 5.78. The number of nitrogens with zero attached hydrogens (tertiary/aromatic N) is 1. The molecule has 1 rings (SSSR count). The molecule has 3 heteroatoms. The van der Waals surface area contributed by atoms with Crippen LogP contribution >= 0.6 is 0 Å². The van der Waals surface area contributed by atoms with E-state index in [1.54, 1.807) is 0 Å². The van der Waals surface area contributed by atoms with Crippen LogP contribution in [0.15, 0.2) is 0 Å². The van der Waals surface area contributed by atoms with E-state index in [1.807, 2.05) is 13.8 Å². The molecule has 0 aromatic heterocycles. The fraction of sp³-hybridized carbons (Fsp3) is 0.909. The third kappa shape index (κ3) is 2.47. The van der Waals surface area contributed by atoms with Crippen LogP contribution in [0.2, 0.25) is 0 Å². The number of likely N-dealkylation sites (tertiary alicyclic amines) is 1. The van der Waals surface area contributed by atoms with Gasteiger partial charge in [0.25, 0.3) is 0 Å². The molecule has 1 aliphatic rings. The fourth-order valence-electron chi connectivity index (χ4n) is 1.91. The predicted molar refractivity (Wildman–Crippen MR) is 56.1 cm³/mol. The largest absolute Gasteiger partial charge is 0.465 e. The van der Waals surface area contributed by atoms with Gasteiger partial charge in [-0.05, 0) is 26.8 Å². The average molecular weight is 199 g/mol. The van der Waals surface area contributed by atoms with E-state index >= 15 is 0 Å². The molecule has 0 amide bonds. The predicted octanol–water partition coefficient (Wildman–Crippen LogP) is 1.67. The number of rotatable bonds is 5. The highest BCUT2D eigenvalue weighted by atomic mass is 16.5. The number of ether oxygens (including phenoxy) is 1. The van der Waals surface area contributed by atoms with E-state index in [-0.39, 0.29) is 11.4 Å². The number of esters is 1. The van der Waals surface area contributed by atoms with Crippen LogP contribution in [0.4, 0.5) is 0 Å². The first-order chi connectivity index (χ1) is 6.62. The maximum absolute atomic E-state index is 11.5. The molecule has 0 spiro atoms. The van der Waals surface area contributed by atoms with Crippen molar-refractivity contribution in [3.05, 3.63) is 0 Å². The zero-order chi connectivity index (χ0) is 10.6. The number of carbonyl (C=O) groups is 1. The second-order valence-electron chi connectivity index (χ2n) is 4.35. The zero-order valence-electron chi connectivity index (χ0n) is 9.51. The van der Waals surface area contributed by atoms with Crippen LogP contribution in [0.1, 0.15) is 33.6 Å². The van der Waals surface area contributed by atoms with Gasteiger partial charge in [-0.25, -0.2) is 0 Å². The molecule has 0 atom stereocenters. The lowest BCUT2D eigenvalue weighted by Gasteiger charge is -2.45. The Morgan fingerprint density at radius 2 is 2.07 bits per heavy atom. The Balaban J connectivity index is 2.26. The van der Waals surface area contributed by atoms with Crippen molar-refractivity contribution in [2.75, 3.05) is 26.2 Å². The second-order valence-corrected chi connectivity index (χ2v) is 4.35. The zero-order valence-corrected chi connectivity index (χ0v) is 9.51. The molecule has 82 valence electrons. The van der Waals surface area contributed by atoms with E-state index < -0.39 is 0 Å². The van der Waals surface area contributed by atoms with Crippen molar-refractivity contribution < 1.29 is 9.53 Å². The summed E-state index contributed by atoms with van der Waals surface area (Å²) in [6, 6.07) is 0. The van der Waals surface area contributed by atoms with E-state index in [9.17, 15) is 4.79 Å². The second kappa shape index (κ2) is 4.78. The maximum Gasteiger partial charge on any atom is 0.314 e. The summed E-state index contributed by atoms with van der Waals surface area (Å²) in [7, 11) is 0. The standard InChI is InChI=1S/C11H21NO2/c1-4-6-7-12-8-11(3,9-12)10(13)14-5-2/h4-9H2,1-3H3. The summed E-state index contributed by atoms with van der Waals surface area (Å²) in [4.78, 5) is 13.8. The van der Waals surface area contributed by atoms with Crippen molar-refractivity contribution in [1.82, 2.24) is 4.90 Å². The summed E-state index contributed by atoms with van der Waals surface area (Å²) in [5.41, 5.74) is -0.232. The lowest BCUT2D eigenvalue weighted by molar-refractivity contribution is -0.165. The van der Waals surface area contributed by atoms with Crippen molar-refractivity contribution >= 4 is 5.97 Å². The van der Waals surface area contributed by atoms with Gasteiger partial charge < -0.3 is 9.64 Å². The molecule has 0 aromatic carbocycles. The minimum absolute atomic E-state index is 0.0345. The minimum atomic E-state index is -0.232. The monoisotopic (exact) mass is 199 g/mol. The molecule has 1 saturated heterocycles. The Labute approximate surface area is 86.4 Å². The van der Waals surface area contributed by atoms with E-state index in [4.69, 9.17) is 4.74 Å². The first-order valence-electron chi connectivity index (χ1n) is 5.52. The number of hydrogen-bond donors (Lipinski definition) is 0. The van der Waals surface area contributed by atoms with Crippen molar-refractivity contribution in [3.63, 3.8) is 0 Å². The summed E-state index contributed by atoms with van der Waals surface area (Å²) in [6.45, 7) is 9.37. The van der Waals surface area contributed by atoms with Gasteiger partial charge in [-0.2, -0.15) is 0 Å². The molecule has 3 nitrogen and oxygen atoms in total. The molecular weight excluding hydrogens is 178 g/mol. The normalized spacial score (nSPS) is 20.2. The number of hydrogen-bond acceptors (Lipinski definition) is 3. The molecule has 0 unspecified atom stereocenters. The van der Waals surface area contributed by atoms with Crippen molar-refractivity contribution in [2.24, 2.45) is 5.41 Å². The molecule has 1 fully saturated rings. The third-order valence-corrected chi connectivity index (χ3v) is 2.74. The summed E-state index contributed by atoms with van der Waals surface area (Å²) >= 11 is 0. The SMILES string of the molecule is CCCCN1CC(C)(C(=O)OCC)C1. The molecule has 1 aliphatic heterocycles. The number of carbonyl (C=O) groups excluding carboxylic acids is 1. The first kappa shape index (κ1) is 11.5. The van der Waals surface area contributed by atoms with Crippen LogP contribution in [0, 0.1) is 5.41 Å². The highest BCUT2D eigenvalue weighted by Gasteiger charge is 2.45. The van der Waals surface area contributed by atoms with Gasteiger partial charge in [0.1, 0.15) is 0 Å². The topological polar surface area (TPSA) is 29.5 Å². The van der Waals surface area contributed by atoms with Crippen molar-refractivity contribution in [3.8, 4) is 0 Å². The summed E-state index contributed by atoms with van der Waals surface area (Å²) in [6.07, 6.45) is 2.44. The third-order valence-electron chi connectivity index (χ3n) is 2.74. The molecule has 0 aromatic rings. The molecule has 0 saturated carbocycles. The summed E-state index contributed by atoms with van der Waals surface area (Å²) in [5.74, 6) is -0.0345. The van der Waals surface area contributed by atoms with E-state index in [0.717, 1.165) is 19.6 Å². The first-order valence-corrected chi connectivity index (χ1v) is 5.52. The molecule has 0 radical (unpaired) electrons. The smallest absolute Gasteiger partial charge is 0.314 e. The Kier molecular flexibility index (Phi) is 3.93. The van der Waals surface area contributed by atoms with Gasteiger partial charge in [-0.1, -0.05) is 13.3 Å². The Morgan fingerprint density at radius 1 is 1.43 bits per heavy atom. The van der Waals surface area contributed by atoms with Gasteiger partial charge >= 0.3 is 5.97 Å². The summed E-state index contributed by atoms with van der Waals surface area (Å²) in [5, 5.41) is 0. The average Bonchev–Trinajstić information content (AvgIpc) is 2.11. The van der Waals surface area contributed by atoms with Crippen LogP contribution < -0.4 is 0 Å². The van der Waals surface area contributed by atoms with Crippen LogP contribution in [0.25, 0.3) is 0 Å². The van der Waals surface area contributed by atoms with E-state index in [2.05, 4.69) is 11.8 Å². The Bertz CT molecular complexity index is 197. The van der Waals surface area contributed by atoms with Crippen molar-refractivity contribution in [1.29, 1.82) is 0 Å². The highest BCUT2D eigenvalue weighted by Crippen LogP contribution is 2.31.